The number of halogens is 3. The Balaban J connectivity index is 1.76. The lowest BCUT2D eigenvalue weighted by Crippen LogP contribution is -2.27. The Morgan fingerprint density at radius 3 is 2.63 bits per heavy atom. The van der Waals surface area contributed by atoms with Crippen molar-refractivity contribution in [2.24, 2.45) is 5.41 Å². The molecule has 0 radical (unpaired) electrons. The van der Waals surface area contributed by atoms with Gasteiger partial charge in [0.1, 0.15) is 5.52 Å². The van der Waals surface area contributed by atoms with Gasteiger partial charge in [0.15, 0.2) is 5.65 Å². The summed E-state index contributed by atoms with van der Waals surface area (Å²) in [7, 11) is 0. The zero-order valence-corrected chi connectivity index (χ0v) is 18.0. The zero-order chi connectivity index (χ0) is 21.5. The van der Waals surface area contributed by atoms with Gasteiger partial charge in [-0.05, 0) is 17.0 Å². The standard InChI is InChI=1S/C21H24ClF2N5O/c1-20(2,3)13-30-18-25-10-16-17(27-18)29(11-14-6-4-5-7-15(14)22)19(26-16)28-9-8-21(23,24)12-28/h4-7,10H,8-9,11-13H2,1-3H3. The predicted molar refractivity (Wildman–Crippen MR) is 113 cm³/mol. The van der Waals surface area contributed by atoms with Gasteiger partial charge in [-0.1, -0.05) is 50.6 Å². The first-order valence-electron chi connectivity index (χ1n) is 9.84. The van der Waals surface area contributed by atoms with E-state index in [1.165, 1.54) is 0 Å². The van der Waals surface area contributed by atoms with E-state index >= 15 is 0 Å². The molecule has 3 heterocycles. The molecule has 0 unspecified atom stereocenters. The van der Waals surface area contributed by atoms with Crippen molar-refractivity contribution in [2.45, 2.75) is 39.7 Å². The topological polar surface area (TPSA) is 56.1 Å². The van der Waals surface area contributed by atoms with Crippen LogP contribution in [0.25, 0.3) is 11.2 Å². The number of hydrogen-bond donors (Lipinski definition) is 0. The SMILES string of the molecule is CC(C)(C)COc1ncc2nc(N3CCC(F)(F)C3)n(Cc3ccccc3Cl)c2n1. The molecule has 0 amide bonds. The Kier molecular flexibility index (Phi) is 5.30. The minimum Gasteiger partial charge on any atom is -0.463 e. The van der Waals surface area contributed by atoms with Gasteiger partial charge in [-0.2, -0.15) is 4.98 Å². The van der Waals surface area contributed by atoms with E-state index in [1.54, 1.807) is 17.2 Å². The molecule has 0 aliphatic carbocycles. The molecule has 1 aromatic carbocycles. The van der Waals surface area contributed by atoms with Crippen molar-refractivity contribution in [1.29, 1.82) is 0 Å². The number of aromatic nitrogens is 4. The van der Waals surface area contributed by atoms with Crippen LogP contribution in [0.1, 0.15) is 32.8 Å². The summed E-state index contributed by atoms with van der Waals surface area (Å²) in [6, 6.07) is 7.66. The van der Waals surface area contributed by atoms with E-state index in [-0.39, 0.29) is 30.9 Å². The average Bonchev–Trinajstić information content (AvgIpc) is 3.21. The van der Waals surface area contributed by atoms with Crippen molar-refractivity contribution in [3.05, 3.63) is 41.0 Å². The number of anilines is 1. The molecule has 0 atom stereocenters. The largest absolute Gasteiger partial charge is 0.463 e. The van der Waals surface area contributed by atoms with E-state index in [1.807, 2.05) is 22.8 Å². The van der Waals surface area contributed by atoms with Gasteiger partial charge in [-0.15, -0.1) is 0 Å². The Bertz CT molecular complexity index is 1060. The van der Waals surface area contributed by atoms with E-state index < -0.39 is 5.92 Å². The molecule has 30 heavy (non-hydrogen) atoms. The van der Waals surface area contributed by atoms with Crippen LogP contribution >= 0.6 is 11.6 Å². The Morgan fingerprint density at radius 1 is 1.20 bits per heavy atom. The van der Waals surface area contributed by atoms with Crippen molar-refractivity contribution in [3.8, 4) is 6.01 Å². The second kappa shape index (κ2) is 7.65. The first kappa shape index (κ1) is 20.8. The number of rotatable bonds is 5. The summed E-state index contributed by atoms with van der Waals surface area (Å²) >= 11 is 6.36. The Morgan fingerprint density at radius 2 is 1.97 bits per heavy atom. The quantitative estimate of drug-likeness (QED) is 0.576. The first-order chi connectivity index (χ1) is 14.1. The predicted octanol–water partition coefficient (Wildman–Crippen LogP) is 4.80. The van der Waals surface area contributed by atoms with Crippen LogP contribution in [0.15, 0.2) is 30.5 Å². The van der Waals surface area contributed by atoms with E-state index in [0.717, 1.165) is 5.56 Å². The van der Waals surface area contributed by atoms with Crippen molar-refractivity contribution >= 4 is 28.7 Å². The van der Waals surface area contributed by atoms with Crippen LogP contribution in [-0.4, -0.2) is 45.1 Å². The summed E-state index contributed by atoms with van der Waals surface area (Å²) in [5, 5.41) is 0.593. The van der Waals surface area contributed by atoms with Crippen LogP contribution in [0.2, 0.25) is 5.02 Å². The van der Waals surface area contributed by atoms with Gasteiger partial charge < -0.3 is 9.64 Å². The number of benzene rings is 1. The lowest BCUT2D eigenvalue weighted by Gasteiger charge is -2.19. The molecule has 1 saturated heterocycles. The molecule has 0 bridgehead atoms. The van der Waals surface area contributed by atoms with Crippen LogP contribution in [0.4, 0.5) is 14.7 Å². The number of imidazole rings is 1. The summed E-state index contributed by atoms with van der Waals surface area (Å²) in [6.07, 6.45) is 1.37. The summed E-state index contributed by atoms with van der Waals surface area (Å²) in [4.78, 5) is 14.9. The maximum absolute atomic E-state index is 13.9. The minimum absolute atomic E-state index is 0.0532. The van der Waals surface area contributed by atoms with Gasteiger partial charge in [0.25, 0.3) is 5.92 Å². The highest BCUT2D eigenvalue weighted by molar-refractivity contribution is 6.31. The van der Waals surface area contributed by atoms with E-state index in [0.29, 0.717) is 35.3 Å². The third-order valence-corrected chi connectivity index (χ3v) is 5.19. The van der Waals surface area contributed by atoms with Gasteiger partial charge in [0.2, 0.25) is 5.95 Å². The van der Waals surface area contributed by atoms with Crippen molar-refractivity contribution in [3.63, 3.8) is 0 Å². The number of ether oxygens (including phenoxy) is 1. The van der Waals surface area contributed by atoms with Crippen LogP contribution in [-0.2, 0) is 6.54 Å². The van der Waals surface area contributed by atoms with E-state index in [2.05, 4.69) is 35.7 Å². The molecule has 2 aromatic heterocycles. The fourth-order valence-electron chi connectivity index (χ4n) is 3.33. The molecule has 0 N–H and O–H groups in total. The molecular weight excluding hydrogens is 412 g/mol. The summed E-state index contributed by atoms with van der Waals surface area (Å²) in [5.41, 5.74) is 1.85. The molecule has 3 aromatic rings. The van der Waals surface area contributed by atoms with Crippen LogP contribution in [0, 0.1) is 5.41 Å². The molecule has 1 aliphatic heterocycles. The lowest BCUT2D eigenvalue weighted by molar-refractivity contribution is 0.0256. The number of fused-ring (bicyclic) bond motifs is 1. The number of alkyl halides is 2. The van der Waals surface area contributed by atoms with Crippen LogP contribution in [0.3, 0.4) is 0 Å². The van der Waals surface area contributed by atoms with Gasteiger partial charge in [-0.3, -0.25) is 4.57 Å². The third-order valence-electron chi connectivity index (χ3n) is 4.82. The normalized spacial score (nSPS) is 16.4. The molecule has 1 fully saturated rings. The summed E-state index contributed by atoms with van der Waals surface area (Å²) in [5.74, 6) is -2.30. The summed E-state index contributed by atoms with van der Waals surface area (Å²) in [6.45, 7) is 6.81. The fraction of sp³-hybridized carbons (Fsp3) is 0.476. The molecule has 6 nitrogen and oxygen atoms in total. The highest BCUT2D eigenvalue weighted by Gasteiger charge is 2.40. The van der Waals surface area contributed by atoms with Gasteiger partial charge in [-0.25, -0.2) is 18.7 Å². The zero-order valence-electron chi connectivity index (χ0n) is 17.2. The van der Waals surface area contributed by atoms with E-state index in [4.69, 9.17) is 16.3 Å². The van der Waals surface area contributed by atoms with Gasteiger partial charge >= 0.3 is 6.01 Å². The highest BCUT2D eigenvalue weighted by Crippen LogP contribution is 2.33. The van der Waals surface area contributed by atoms with Crippen molar-refractivity contribution in [2.75, 3.05) is 24.6 Å². The third kappa shape index (κ3) is 4.48. The second-order valence-electron chi connectivity index (χ2n) is 8.83. The second-order valence-corrected chi connectivity index (χ2v) is 9.23. The minimum atomic E-state index is -2.74. The molecule has 1 aliphatic rings. The molecule has 160 valence electrons. The maximum Gasteiger partial charge on any atom is 0.318 e. The Hall–Kier alpha value is -2.48. The smallest absolute Gasteiger partial charge is 0.318 e. The monoisotopic (exact) mass is 435 g/mol. The van der Waals surface area contributed by atoms with Gasteiger partial charge in [0, 0.05) is 18.0 Å². The molecule has 4 rings (SSSR count). The number of nitrogens with zero attached hydrogens (tertiary/aromatic N) is 5. The summed E-state index contributed by atoms with van der Waals surface area (Å²) < 4.78 is 35.3. The van der Waals surface area contributed by atoms with Crippen LogP contribution in [0.5, 0.6) is 6.01 Å². The molecule has 9 heteroatoms. The first-order valence-corrected chi connectivity index (χ1v) is 10.2. The van der Waals surface area contributed by atoms with Crippen molar-refractivity contribution < 1.29 is 13.5 Å². The fourth-order valence-corrected chi connectivity index (χ4v) is 3.53. The maximum atomic E-state index is 13.9. The molecule has 0 spiro atoms. The lowest BCUT2D eigenvalue weighted by atomic mass is 9.99. The molecule has 0 saturated carbocycles. The number of hydrogen-bond acceptors (Lipinski definition) is 5. The van der Waals surface area contributed by atoms with Crippen LogP contribution < -0.4 is 9.64 Å². The average molecular weight is 436 g/mol. The Labute approximate surface area is 178 Å². The molecular formula is C21H24ClF2N5O. The van der Waals surface area contributed by atoms with E-state index in [9.17, 15) is 8.78 Å². The van der Waals surface area contributed by atoms with Crippen molar-refractivity contribution in [1.82, 2.24) is 19.5 Å². The highest BCUT2D eigenvalue weighted by atomic mass is 35.5. The van der Waals surface area contributed by atoms with Gasteiger partial charge in [0.05, 0.1) is 25.9 Å².